The van der Waals surface area contributed by atoms with Gasteiger partial charge in [-0.2, -0.15) is 0 Å². The lowest BCUT2D eigenvalue weighted by molar-refractivity contribution is 0.0251. The zero-order chi connectivity index (χ0) is 12.6. The molecule has 0 radical (unpaired) electrons. The summed E-state index contributed by atoms with van der Waals surface area (Å²) in [6.45, 7) is 17.1. The van der Waals surface area contributed by atoms with E-state index in [-0.39, 0.29) is 11.6 Å². The second kappa shape index (κ2) is 7.82. The lowest BCUT2D eigenvalue weighted by Gasteiger charge is -2.21. The molecule has 0 aromatic carbocycles. The highest BCUT2D eigenvalue weighted by molar-refractivity contribution is 4.98. The normalized spacial score (nSPS) is 12.1. The summed E-state index contributed by atoms with van der Waals surface area (Å²) < 4.78 is 10.8. The van der Waals surface area contributed by atoms with Crippen LogP contribution in [0.4, 0.5) is 0 Å². The molecule has 96 valence electrons. The lowest BCUT2D eigenvalue weighted by atomic mass is 10.1. The Morgan fingerprint density at radius 1 is 1.25 bits per heavy atom. The van der Waals surface area contributed by atoms with Crippen molar-refractivity contribution in [3.8, 4) is 0 Å². The number of rotatable bonds is 8. The molecule has 0 saturated carbocycles. The van der Waals surface area contributed by atoms with E-state index in [9.17, 15) is 0 Å². The molecule has 0 aliphatic carbocycles. The molecule has 0 aromatic rings. The van der Waals surface area contributed by atoms with Crippen LogP contribution in [-0.4, -0.2) is 38.0 Å². The van der Waals surface area contributed by atoms with Crippen LogP contribution in [0.3, 0.4) is 0 Å². The molecule has 0 heterocycles. The lowest BCUT2D eigenvalue weighted by Crippen LogP contribution is -2.37. The van der Waals surface area contributed by atoms with E-state index in [4.69, 9.17) is 9.47 Å². The van der Waals surface area contributed by atoms with E-state index < -0.39 is 0 Å². The fraction of sp³-hybridized carbons (Fsp3) is 0.846. The van der Waals surface area contributed by atoms with Crippen molar-refractivity contribution in [2.24, 2.45) is 0 Å². The van der Waals surface area contributed by atoms with Crippen molar-refractivity contribution in [3.05, 3.63) is 12.2 Å². The van der Waals surface area contributed by atoms with Crippen LogP contribution in [-0.2, 0) is 9.47 Å². The van der Waals surface area contributed by atoms with Crippen molar-refractivity contribution >= 4 is 0 Å². The van der Waals surface area contributed by atoms with Gasteiger partial charge in [-0.05, 0) is 40.2 Å². The number of hydrogen-bond acceptors (Lipinski definition) is 3. The van der Waals surface area contributed by atoms with Gasteiger partial charge in [-0.25, -0.2) is 0 Å². The molecule has 0 rings (SSSR count). The first-order valence-electron chi connectivity index (χ1n) is 5.92. The molecule has 0 spiro atoms. The second-order valence-electron chi connectivity index (χ2n) is 5.33. The third-order valence-electron chi connectivity index (χ3n) is 1.85. The van der Waals surface area contributed by atoms with E-state index >= 15 is 0 Å². The summed E-state index contributed by atoms with van der Waals surface area (Å²) in [5.74, 6) is 0. The Balaban J connectivity index is 3.38. The fourth-order valence-electron chi connectivity index (χ4n) is 1.00. The third kappa shape index (κ3) is 11.7. The molecule has 0 aliphatic heterocycles. The first-order chi connectivity index (χ1) is 7.31. The SMILES string of the molecule is C=C(CNC(C)(C)C)COCCOC(C)C. The van der Waals surface area contributed by atoms with Crippen LogP contribution in [0.1, 0.15) is 34.6 Å². The molecular formula is C13H27NO2. The van der Waals surface area contributed by atoms with E-state index in [2.05, 4.69) is 32.7 Å². The number of ether oxygens (including phenoxy) is 2. The van der Waals surface area contributed by atoms with Gasteiger partial charge in [0.25, 0.3) is 0 Å². The third-order valence-corrected chi connectivity index (χ3v) is 1.85. The van der Waals surface area contributed by atoms with Crippen LogP contribution in [0.2, 0.25) is 0 Å². The second-order valence-corrected chi connectivity index (χ2v) is 5.33. The average molecular weight is 229 g/mol. The van der Waals surface area contributed by atoms with Crippen LogP contribution >= 0.6 is 0 Å². The van der Waals surface area contributed by atoms with E-state index in [0.29, 0.717) is 19.8 Å². The summed E-state index contributed by atoms with van der Waals surface area (Å²) in [6.07, 6.45) is 0.273. The van der Waals surface area contributed by atoms with Gasteiger partial charge in [0.15, 0.2) is 0 Å². The maximum atomic E-state index is 5.45. The first kappa shape index (κ1) is 15.6. The van der Waals surface area contributed by atoms with E-state index in [1.165, 1.54) is 0 Å². The zero-order valence-corrected chi connectivity index (χ0v) is 11.4. The Bertz CT molecular complexity index is 195. The molecule has 3 nitrogen and oxygen atoms in total. The van der Waals surface area contributed by atoms with Gasteiger partial charge in [-0.3, -0.25) is 0 Å². The molecule has 0 bridgehead atoms. The highest BCUT2D eigenvalue weighted by atomic mass is 16.5. The Labute approximate surface area is 100 Å². The predicted octanol–water partition coefficient (Wildman–Crippen LogP) is 2.37. The summed E-state index contributed by atoms with van der Waals surface area (Å²) in [4.78, 5) is 0. The van der Waals surface area contributed by atoms with Gasteiger partial charge in [0.2, 0.25) is 0 Å². The highest BCUT2D eigenvalue weighted by Gasteiger charge is 2.08. The molecule has 0 unspecified atom stereocenters. The quantitative estimate of drug-likeness (QED) is 0.512. The van der Waals surface area contributed by atoms with Crippen molar-refractivity contribution in [1.29, 1.82) is 0 Å². The van der Waals surface area contributed by atoms with Gasteiger partial charge in [0.05, 0.1) is 25.9 Å². The predicted molar refractivity (Wildman–Crippen MR) is 68.8 cm³/mol. The largest absolute Gasteiger partial charge is 0.376 e. The van der Waals surface area contributed by atoms with E-state index in [1.807, 2.05) is 13.8 Å². The molecule has 0 amide bonds. The van der Waals surface area contributed by atoms with Crippen LogP contribution in [0, 0.1) is 0 Å². The summed E-state index contributed by atoms with van der Waals surface area (Å²) in [5.41, 5.74) is 1.20. The zero-order valence-electron chi connectivity index (χ0n) is 11.4. The maximum absolute atomic E-state index is 5.45. The van der Waals surface area contributed by atoms with Crippen molar-refractivity contribution in [1.82, 2.24) is 5.32 Å². The van der Waals surface area contributed by atoms with Gasteiger partial charge in [0.1, 0.15) is 0 Å². The van der Waals surface area contributed by atoms with Gasteiger partial charge in [0, 0.05) is 12.1 Å². The minimum Gasteiger partial charge on any atom is -0.376 e. The van der Waals surface area contributed by atoms with Crippen molar-refractivity contribution in [3.63, 3.8) is 0 Å². The molecule has 3 heteroatoms. The van der Waals surface area contributed by atoms with Crippen LogP contribution in [0.25, 0.3) is 0 Å². The number of hydrogen-bond donors (Lipinski definition) is 1. The average Bonchev–Trinajstić information content (AvgIpc) is 2.12. The van der Waals surface area contributed by atoms with E-state index in [0.717, 1.165) is 12.1 Å². The van der Waals surface area contributed by atoms with Gasteiger partial charge in [-0.15, -0.1) is 0 Å². The topological polar surface area (TPSA) is 30.5 Å². The highest BCUT2D eigenvalue weighted by Crippen LogP contribution is 2.00. The molecule has 0 atom stereocenters. The van der Waals surface area contributed by atoms with Crippen LogP contribution < -0.4 is 5.32 Å². The van der Waals surface area contributed by atoms with Crippen molar-refractivity contribution in [2.75, 3.05) is 26.4 Å². The summed E-state index contributed by atoms with van der Waals surface area (Å²) in [5, 5.41) is 3.37. The van der Waals surface area contributed by atoms with Gasteiger partial charge in [-0.1, -0.05) is 6.58 Å². The maximum Gasteiger partial charge on any atom is 0.0705 e. The summed E-state index contributed by atoms with van der Waals surface area (Å²) in [6, 6.07) is 0. The minimum atomic E-state index is 0.129. The Morgan fingerprint density at radius 3 is 2.38 bits per heavy atom. The first-order valence-corrected chi connectivity index (χ1v) is 5.92. The minimum absolute atomic E-state index is 0.129. The van der Waals surface area contributed by atoms with E-state index in [1.54, 1.807) is 0 Å². The molecule has 1 N–H and O–H groups in total. The smallest absolute Gasteiger partial charge is 0.0705 e. The molecule has 0 aliphatic rings. The van der Waals surface area contributed by atoms with Crippen LogP contribution in [0.15, 0.2) is 12.2 Å². The van der Waals surface area contributed by atoms with Crippen molar-refractivity contribution in [2.45, 2.75) is 46.3 Å². The number of nitrogens with one attached hydrogen (secondary N) is 1. The molecular weight excluding hydrogens is 202 g/mol. The Hall–Kier alpha value is -0.380. The van der Waals surface area contributed by atoms with Gasteiger partial charge >= 0.3 is 0 Å². The Kier molecular flexibility index (Phi) is 7.64. The van der Waals surface area contributed by atoms with Crippen molar-refractivity contribution < 1.29 is 9.47 Å². The summed E-state index contributed by atoms with van der Waals surface area (Å²) in [7, 11) is 0. The molecule has 16 heavy (non-hydrogen) atoms. The monoisotopic (exact) mass is 229 g/mol. The standard InChI is InChI=1S/C13H27NO2/c1-11(2)16-8-7-15-10-12(3)9-14-13(4,5)6/h11,14H,3,7-10H2,1-2,4-6H3. The van der Waals surface area contributed by atoms with Gasteiger partial charge < -0.3 is 14.8 Å². The Morgan fingerprint density at radius 2 is 1.88 bits per heavy atom. The molecule has 0 fully saturated rings. The summed E-state index contributed by atoms with van der Waals surface area (Å²) >= 11 is 0. The van der Waals surface area contributed by atoms with Crippen LogP contribution in [0.5, 0.6) is 0 Å². The molecule has 0 aromatic heterocycles. The molecule has 0 saturated heterocycles. The fourth-order valence-corrected chi connectivity index (χ4v) is 1.00.